The Labute approximate surface area is 146 Å². The van der Waals surface area contributed by atoms with Crippen LogP contribution in [0.2, 0.25) is 5.02 Å². The van der Waals surface area contributed by atoms with Gasteiger partial charge in [-0.05, 0) is 38.1 Å². The van der Waals surface area contributed by atoms with Crippen molar-refractivity contribution in [1.29, 1.82) is 0 Å². The number of ether oxygens (including phenoxy) is 1. The van der Waals surface area contributed by atoms with Crippen LogP contribution < -0.4 is 9.75 Å². The quantitative estimate of drug-likeness (QED) is 0.766. The highest BCUT2D eigenvalue weighted by atomic mass is 35.5. The number of halogens is 1. The molecule has 0 unspecified atom stereocenters. The van der Waals surface area contributed by atoms with E-state index in [1.807, 2.05) is 56.3 Å². The van der Waals surface area contributed by atoms with Gasteiger partial charge in [-0.1, -0.05) is 41.9 Å². The second-order valence-electron chi connectivity index (χ2n) is 5.28. The minimum absolute atomic E-state index is 0.202. The van der Waals surface area contributed by atoms with Gasteiger partial charge in [-0.3, -0.25) is 4.79 Å². The third-order valence-electron chi connectivity index (χ3n) is 3.66. The first-order valence-electron chi connectivity index (χ1n) is 7.70. The van der Waals surface area contributed by atoms with Crippen LogP contribution in [0.5, 0.6) is 5.75 Å². The zero-order chi connectivity index (χ0) is 17.1. The highest BCUT2D eigenvalue weighted by molar-refractivity contribution is 6.37. The van der Waals surface area contributed by atoms with E-state index in [1.54, 1.807) is 12.1 Å². The number of anilines is 1. The summed E-state index contributed by atoms with van der Waals surface area (Å²) >= 11 is 6.19. The monoisotopic (exact) mass is 340 g/mol. The van der Waals surface area contributed by atoms with Gasteiger partial charge in [0.15, 0.2) is 0 Å². The maximum absolute atomic E-state index is 12.8. The largest absolute Gasteiger partial charge is 0.493 e. The molecule has 1 aliphatic heterocycles. The first kappa shape index (κ1) is 16.3. The molecule has 3 rings (SSSR count). The number of hydrogen-bond donors (Lipinski definition) is 0. The molecule has 2 aromatic rings. The fraction of sp³-hybridized carbons (Fsp3) is 0.158. The van der Waals surface area contributed by atoms with Crippen molar-refractivity contribution in [3.8, 4) is 5.75 Å². The molecule has 5 heteroatoms. The summed E-state index contributed by atoms with van der Waals surface area (Å²) in [5, 5.41) is 6.19. The maximum Gasteiger partial charge on any atom is 0.280 e. The SMILES string of the molecule is CCOc1ccccc1/C=C1\C(=O)N(c2ccccc2Cl)N=C1C. The topological polar surface area (TPSA) is 41.9 Å². The van der Waals surface area contributed by atoms with E-state index in [-0.39, 0.29) is 5.91 Å². The molecule has 0 bridgehead atoms. The third-order valence-corrected chi connectivity index (χ3v) is 3.98. The molecule has 0 fully saturated rings. The summed E-state index contributed by atoms with van der Waals surface area (Å²) in [4.78, 5) is 12.8. The summed E-state index contributed by atoms with van der Waals surface area (Å²) in [5.74, 6) is 0.538. The van der Waals surface area contributed by atoms with Crippen molar-refractivity contribution in [2.45, 2.75) is 13.8 Å². The van der Waals surface area contributed by atoms with Crippen molar-refractivity contribution in [1.82, 2.24) is 0 Å². The standard InChI is InChI=1S/C19H17ClN2O2/c1-3-24-18-11-7-4-8-14(18)12-15-13(2)21-22(19(15)23)17-10-6-5-9-16(17)20/h4-12H,3H2,1-2H3/b15-12-. The fourth-order valence-corrected chi connectivity index (χ4v) is 2.73. The van der Waals surface area contributed by atoms with E-state index < -0.39 is 0 Å². The number of para-hydroxylation sites is 2. The van der Waals surface area contributed by atoms with Crippen LogP contribution in [0.25, 0.3) is 6.08 Å². The second kappa shape index (κ2) is 6.89. The predicted molar refractivity (Wildman–Crippen MR) is 97.6 cm³/mol. The number of hydrazone groups is 1. The summed E-state index contributed by atoms with van der Waals surface area (Å²) < 4.78 is 5.62. The van der Waals surface area contributed by atoms with E-state index in [2.05, 4.69) is 5.10 Å². The lowest BCUT2D eigenvalue weighted by molar-refractivity contribution is -0.114. The molecule has 2 aromatic carbocycles. The molecule has 4 nitrogen and oxygen atoms in total. The van der Waals surface area contributed by atoms with E-state index in [0.717, 1.165) is 11.3 Å². The van der Waals surface area contributed by atoms with Crippen molar-refractivity contribution in [2.75, 3.05) is 11.6 Å². The second-order valence-corrected chi connectivity index (χ2v) is 5.69. The summed E-state index contributed by atoms with van der Waals surface area (Å²) in [6, 6.07) is 14.8. The van der Waals surface area contributed by atoms with Crippen LogP contribution in [0.4, 0.5) is 5.69 Å². The van der Waals surface area contributed by atoms with Crippen LogP contribution in [-0.2, 0) is 4.79 Å². The summed E-state index contributed by atoms with van der Waals surface area (Å²) in [5.41, 5.74) is 2.59. The number of benzene rings is 2. The van der Waals surface area contributed by atoms with Crippen LogP contribution >= 0.6 is 11.6 Å². The minimum atomic E-state index is -0.202. The Balaban J connectivity index is 1.98. The zero-order valence-electron chi connectivity index (χ0n) is 13.5. The molecular formula is C19H17ClN2O2. The van der Waals surface area contributed by atoms with Crippen LogP contribution in [0.1, 0.15) is 19.4 Å². The third kappa shape index (κ3) is 3.05. The van der Waals surface area contributed by atoms with Crippen LogP contribution in [0.3, 0.4) is 0 Å². The van der Waals surface area contributed by atoms with Crippen LogP contribution in [0.15, 0.2) is 59.2 Å². The fourth-order valence-electron chi connectivity index (χ4n) is 2.51. The average Bonchev–Trinajstić information content (AvgIpc) is 2.85. The van der Waals surface area contributed by atoms with Gasteiger partial charge in [0.05, 0.1) is 28.6 Å². The lowest BCUT2D eigenvalue weighted by Crippen LogP contribution is -2.21. The number of amides is 1. The molecule has 0 saturated heterocycles. The summed E-state index contributed by atoms with van der Waals surface area (Å²) in [7, 11) is 0. The number of nitrogens with zero attached hydrogens (tertiary/aromatic N) is 2. The van der Waals surface area contributed by atoms with Gasteiger partial charge in [0, 0.05) is 5.56 Å². The van der Waals surface area contributed by atoms with Gasteiger partial charge < -0.3 is 4.74 Å². The molecule has 0 N–H and O–H groups in total. The summed E-state index contributed by atoms with van der Waals surface area (Å²) in [6.45, 7) is 4.30. The number of carbonyl (C=O) groups excluding carboxylic acids is 1. The van der Waals surface area contributed by atoms with E-state index in [4.69, 9.17) is 16.3 Å². The first-order chi connectivity index (χ1) is 11.6. The van der Waals surface area contributed by atoms with E-state index >= 15 is 0 Å². The Hall–Kier alpha value is -2.59. The molecule has 1 heterocycles. The highest BCUT2D eigenvalue weighted by Crippen LogP contribution is 2.31. The molecule has 1 aliphatic rings. The number of hydrogen-bond acceptors (Lipinski definition) is 3. The molecule has 0 aromatic heterocycles. The van der Waals surface area contributed by atoms with Crippen molar-refractivity contribution in [3.63, 3.8) is 0 Å². The van der Waals surface area contributed by atoms with Gasteiger partial charge in [-0.15, -0.1) is 0 Å². The van der Waals surface area contributed by atoms with Crippen LogP contribution in [-0.4, -0.2) is 18.2 Å². The van der Waals surface area contributed by atoms with Crippen molar-refractivity contribution in [3.05, 3.63) is 64.7 Å². The Bertz CT molecular complexity index is 843. The summed E-state index contributed by atoms with van der Waals surface area (Å²) in [6.07, 6.45) is 1.81. The smallest absolute Gasteiger partial charge is 0.280 e. The Kier molecular flexibility index (Phi) is 4.67. The highest BCUT2D eigenvalue weighted by Gasteiger charge is 2.30. The Morgan fingerprint density at radius 2 is 1.88 bits per heavy atom. The predicted octanol–water partition coefficient (Wildman–Crippen LogP) is 4.54. The molecule has 0 aliphatic carbocycles. The molecule has 0 atom stereocenters. The lowest BCUT2D eigenvalue weighted by atomic mass is 10.1. The molecule has 1 amide bonds. The van der Waals surface area contributed by atoms with Gasteiger partial charge in [-0.2, -0.15) is 10.1 Å². The number of rotatable bonds is 4. The molecule has 0 saturated carbocycles. The molecule has 0 radical (unpaired) electrons. The van der Waals surface area contributed by atoms with Crippen molar-refractivity contribution < 1.29 is 9.53 Å². The average molecular weight is 341 g/mol. The molecular weight excluding hydrogens is 324 g/mol. The van der Waals surface area contributed by atoms with Crippen molar-refractivity contribution in [2.24, 2.45) is 5.10 Å². The number of carbonyl (C=O) groups is 1. The first-order valence-corrected chi connectivity index (χ1v) is 8.07. The van der Waals surface area contributed by atoms with Gasteiger partial charge in [-0.25, -0.2) is 0 Å². The van der Waals surface area contributed by atoms with E-state index in [1.165, 1.54) is 5.01 Å². The maximum atomic E-state index is 12.8. The van der Waals surface area contributed by atoms with E-state index in [0.29, 0.717) is 28.6 Å². The molecule has 24 heavy (non-hydrogen) atoms. The minimum Gasteiger partial charge on any atom is -0.493 e. The van der Waals surface area contributed by atoms with Gasteiger partial charge in [0.2, 0.25) is 0 Å². The molecule has 122 valence electrons. The lowest BCUT2D eigenvalue weighted by Gasteiger charge is -2.13. The van der Waals surface area contributed by atoms with Crippen LogP contribution in [0, 0.1) is 0 Å². The zero-order valence-corrected chi connectivity index (χ0v) is 14.2. The van der Waals surface area contributed by atoms with Gasteiger partial charge in [0.25, 0.3) is 5.91 Å². The Morgan fingerprint density at radius 3 is 2.62 bits per heavy atom. The Morgan fingerprint density at radius 1 is 1.17 bits per heavy atom. The van der Waals surface area contributed by atoms with Gasteiger partial charge >= 0.3 is 0 Å². The van der Waals surface area contributed by atoms with Crippen molar-refractivity contribution >= 4 is 35.0 Å². The van der Waals surface area contributed by atoms with Gasteiger partial charge in [0.1, 0.15) is 5.75 Å². The molecule has 0 spiro atoms. The normalized spacial score (nSPS) is 15.8. The van der Waals surface area contributed by atoms with E-state index in [9.17, 15) is 4.79 Å².